The molecule has 2 N–H and O–H groups in total. The Hall–Kier alpha value is -1.54. The van der Waals surface area contributed by atoms with E-state index in [0.29, 0.717) is 5.56 Å². The minimum atomic E-state index is -0.374. The molecule has 2 nitrogen and oxygen atoms in total. The lowest BCUT2D eigenvalue weighted by Gasteiger charge is -1.94. The van der Waals surface area contributed by atoms with Crippen LogP contribution in [0.4, 0.5) is 0 Å². The van der Waals surface area contributed by atoms with Crippen molar-refractivity contribution in [2.24, 2.45) is 5.73 Å². The van der Waals surface area contributed by atoms with E-state index in [9.17, 15) is 4.79 Å². The summed E-state index contributed by atoms with van der Waals surface area (Å²) in [5.41, 5.74) is 7.77. The molecule has 1 amide bonds. The summed E-state index contributed by atoms with van der Waals surface area (Å²) in [7, 11) is 0. The van der Waals surface area contributed by atoms with Gasteiger partial charge in [-0.15, -0.1) is 12.4 Å². The third-order valence-electron chi connectivity index (χ3n) is 2.06. The molecule has 0 saturated carbocycles. The Morgan fingerprint density at radius 3 is 2.43 bits per heavy atom. The number of fused-ring (bicyclic) bond motifs is 1. The number of carbonyl (C=O) groups is 1. The van der Waals surface area contributed by atoms with Crippen LogP contribution in [0.25, 0.3) is 11.1 Å². The average Bonchev–Trinajstić information content (AvgIpc) is 2.36. The smallest absolute Gasteiger partial charge is 0.249 e. The zero-order valence-electron chi connectivity index (χ0n) is 7.44. The van der Waals surface area contributed by atoms with Gasteiger partial charge in [-0.25, -0.2) is 0 Å². The van der Waals surface area contributed by atoms with E-state index in [1.54, 1.807) is 6.07 Å². The highest BCUT2D eigenvalue weighted by molar-refractivity contribution is 6.01. The molecule has 0 aromatic heterocycles. The van der Waals surface area contributed by atoms with Gasteiger partial charge in [0, 0.05) is 5.56 Å². The summed E-state index contributed by atoms with van der Waals surface area (Å²) in [6.07, 6.45) is 0. The number of hydrogen-bond acceptors (Lipinski definition) is 1. The van der Waals surface area contributed by atoms with Gasteiger partial charge < -0.3 is 5.73 Å². The molecule has 3 heteroatoms. The topological polar surface area (TPSA) is 43.1 Å². The minimum absolute atomic E-state index is 0. The molecule has 0 radical (unpaired) electrons. The Morgan fingerprint density at radius 1 is 1.00 bits per heavy atom. The van der Waals surface area contributed by atoms with Gasteiger partial charge in [-0.05, 0) is 17.2 Å². The van der Waals surface area contributed by atoms with Crippen molar-refractivity contribution in [1.29, 1.82) is 0 Å². The largest absolute Gasteiger partial charge is 0.366 e. The zero-order chi connectivity index (χ0) is 9.26. The van der Waals surface area contributed by atoms with E-state index >= 15 is 0 Å². The second-order valence-corrected chi connectivity index (χ2v) is 2.89. The maximum atomic E-state index is 11.0. The first-order valence-electron chi connectivity index (χ1n) is 4.06. The van der Waals surface area contributed by atoms with E-state index in [1.807, 2.05) is 36.4 Å². The molecule has 0 aromatic carbocycles. The molecule has 0 bridgehead atoms. The maximum Gasteiger partial charge on any atom is 0.249 e. The first kappa shape index (κ1) is 10.5. The second-order valence-electron chi connectivity index (χ2n) is 2.89. The van der Waals surface area contributed by atoms with Gasteiger partial charge in [0.15, 0.2) is 0 Å². The van der Waals surface area contributed by atoms with Gasteiger partial charge in [0.05, 0.1) is 0 Å². The highest BCUT2D eigenvalue weighted by atomic mass is 35.5. The lowest BCUT2D eigenvalue weighted by molar-refractivity contribution is 0.100. The van der Waals surface area contributed by atoms with E-state index < -0.39 is 0 Å². The summed E-state index contributed by atoms with van der Waals surface area (Å²) >= 11 is 0. The van der Waals surface area contributed by atoms with Crippen molar-refractivity contribution >= 4 is 18.3 Å². The molecule has 0 heterocycles. The van der Waals surface area contributed by atoms with Gasteiger partial charge in [0.25, 0.3) is 0 Å². The third kappa shape index (κ3) is 1.70. The predicted octanol–water partition coefficient (Wildman–Crippen LogP) is 2.31. The molecular weight excluding hydrogens is 198 g/mol. The quantitative estimate of drug-likeness (QED) is 0.766. The molecule has 2 aliphatic carbocycles. The molecule has 2 rings (SSSR count). The molecule has 0 saturated heterocycles. The summed E-state index contributed by atoms with van der Waals surface area (Å²) in [4.78, 5) is 11.0. The van der Waals surface area contributed by atoms with Gasteiger partial charge >= 0.3 is 0 Å². The lowest BCUT2D eigenvalue weighted by atomic mass is 10.1. The monoisotopic (exact) mass is 207 g/mol. The molecule has 2 aliphatic rings. The number of primary amides is 1. The summed E-state index contributed by atoms with van der Waals surface area (Å²) < 4.78 is 0. The first-order chi connectivity index (χ1) is 6.29. The Morgan fingerprint density at radius 2 is 1.71 bits per heavy atom. The van der Waals surface area contributed by atoms with Crippen molar-refractivity contribution in [1.82, 2.24) is 0 Å². The van der Waals surface area contributed by atoms with Gasteiger partial charge in [-0.3, -0.25) is 4.79 Å². The highest BCUT2D eigenvalue weighted by Crippen LogP contribution is 2.25. The normalized spacial score (nSPS) is 9.43. The summed E-state index contributed by atoms with van der Waals surface area (Å²) in [5.74, 6) is -0.374. The van der Waals surface area contributed by atoms with E-state index in [-0.39, 0.29) is 18.3 Å². The molecule has 0 atom stereocenters. The van der Waals surface area contributed by atoms with Gasteiger partial charge in [-0.2, -0.15) is 0 Å². The Kier molecular flexibility index (Phi) is 3.10. The molecule has 14 heavy (non-hydrogen) atoms. The lowest BCUT2D eigenvalue weighted by Crippen LogP contribution is -2.10. The van der Waals surface area contributed by atoms with E-state index in [4.69, 9.17) is 5.73 Å². The third-order valence-corrected chi connectivity index (χ3v) is 2.06. The standard InChI is InChI=1S/C11H9NO.ClH/c12-11(13)10-7-6-8-4-2-1-3-5-9(8)10;/h1-7H,(H2,12,13);1H. The Bertz CT molecular complexity index is 428. The number of halogens is 1. The van der Waals surface area contributed by atoms with Gasteiger partial charge in [-0.1, -0.05) is 36.4 Å². The molecule has 0 aromatic rings. The van der Waals surface area contributed by atoms with Crippen molar-refractivity contribution < 1.29 is 4.79 Å². The zero-order valence-corrected chi connectivity index (χ0v) is 8.25. The number of rotatable bonds is 1. The molecule has 72 valence electrons. The fourth-order valence-corrected chi connectivity index (χ4v) is 1.43. The fraction of sp³-hybridized carbons (Fsp3) is 0. The van der Waals surface area contributed by atoms with Crippen molar-refractivity contribution in [2.75, 3.05) is 0 Å². The SMILES string of the molecule is Cl.NC(=O)c1ccc2cccccc1-2. The average molecular weight is 208 g/mol. The van der Waals surface area contributed by atoms with Crippen LogP contribution >= 0.6 is 12.4 Å². The molecule has 0 spiro atoms. The minimum Gasteiger partial charge on any atom is -0.366 e. The first-order valence-corrected chi connectivity index (χ1v) is 4.06. The second kappa shape index (κ2) is 4.11. The number of amides is 1. The molecule has 0 fully saturated rings. The molecular formula is C11H10ClNO. The fourth-order valence-electron chi connectivity index (χ4n) is 1.43. The van der Waals surface area contributed by atoms with Crippen molar-refractivity contribution in [3.05, 3.63) is 48.0 Å². The highest BCUT2D eigenvalue weighted by Gasteiger charge is 2.10. The number of nitrogens with two attached hydrogens (primary N) is 1. The van der Waals surface area contributed by atoms with Gasteiger partial charge in [0.2, 0.25) is 5.91 Å². The molecule has 0 aliphatic heterocycles. The predicted molar refractivity (Wildman–Crippen MR) is 58.8 cm³/mol. The van der Waals surface area contributed by atoms with Crippen LogP contribution in [-0.4, -0.2) is 5.91 Å². The van der Waals surface area contributed by atoms with Crippen LogP contribution in [0.15, 0.2) is 42.5 Å². The van der Waals surface area contributed by atoms with Gasteiger partial charge in [0.1, 0.15) is 0 Å². The van der Waals surface area contributed by atoms with Crippen LogP contribution in [0.3, 0.4) is 0 Å². The van der Waals surface area contributed by atoms with Crippen molar-refractivity contribution in [3.8, 4) is 11.1 Å². The van der Waals surface area contributed by atoms with Crippen molar-refractivity contribution in [2.45, 2.75) is 0 Å². The van der Waals surface area contributed by atoms with Crippen LogP contribution in [-0.2, 0) is 0 Å². The maximum absolute atomic E-state index is 11.0. The number of carbonyl (C=O) groups excluding carboxylic acids is 1. The van der Waals surface area contributed by atoms with Crippen LogP contribution in [0.5, 0.6) is 0 Å². The Labute approximate surface area is 88.5 Å². The van der Waals surface area contributed by atoms with Crippen LogP contribution in [0.1, 0.15) is 10.4 Å². The summed E-state index contributed by atoms with van der Waals surface area (Å²) in [6, 6.07) is 13.3. The number of hydrogen-bond donors (Lipinski definition) is 1. The van der Waals surface area contributed by atoms with E-state index in [2.05, 4.69) is 0 Å². The Balaban J connectivity index is 0.000000980. The van der Waals surface area contributed by atoms with Crippen LogP contribution < -0.4 is 5.73 Å². The van der Waals surface area contributed by atoms with E-state index in [1.165, 1.54) is 0 Å². The van der Waals surface area contributed by atoms with E-state index in [0.717, 1.165) is 11.1 Å². The van der Waals surface area contributed by atoms with Crippen LogP contribution in [0, 0.1) is 0 Å². The van der Waals surface area contributed by atoms with Crippen LogP contribution in [0.2, 0.25) is 0 Å². The summed E-state index contributed by atoms with van der Waals surface area (Å²) in [5, 5.41) is 0. The molecule has 0 unspecified atom stereocenters. The summed E-state index contributed by atoms with van der Waals surface area (Å²) in [6.45, 7) is 0. The van der Waals surface area contributed by atoms with Crippen molar-refractivity contribution in [3.63, 3.8) is 0 Å².